The van der Waals surface area contributed by atoms with Crippen molar-refractivity contribution in [2.45, 2.75) is 58.5 Å². The molecule has 142 valence electrons. The van der Waals surface area contributed by atoms with E-state index in [4.69, 9.17) is 4.74 Å². The zero-order valence-corrected chi connectivity index (χ0v) is 17.9. The van der Waals surface area contributed by atoms with E-state index in [-0.39, 0.29) is 29.9 Å². The zero-order chi connectivity index (χ0) is 17.1. The molecule has 1 aliphatic rings. The smallest absolute Gasteiger partial charge is 0.227 e. The maximum atomic E-state index is 11.8. The summed E-state index contributed by atoms with van der Waals surface area (Å²) in [5.74, 6) is 0.712. The first-order chi connectivity index (χ1) is 11.0. The molecule has 0 aromatic carbocycles. The van der Waals surface area contributed by atoms with Crippen LogP contribution in [0.5, 0.6) is 0 Å². The van der Waals surface area contributed by atoms with Gasteiger partial charge in [-0.15, -0.1) is 24.0 Å². The van der Waals surface area contributed by atoms with Gasteiger partial charge in [-0.25, -0.2) is 0 Å². The number of ether oxygens (including phenoxy) is 1. The molecule has 0 aliphatic heterocycles. The Kier molecular flexibility index (Phi) is 12.4. The Morgan fingerprint density at radius 1 is 1.17 bits per heavy atom. The molecule has 0 radical (unpaired) electrons. The summed E-state index contributed by atoms with van der Waals surface area (Å²) in [5.41, 5.74) is -0.483. The summed E-state index contributed by atoms with van der Waals surface area (Å²) in [5, 5.41) is 9.11. The van der Waals surface area contributed by atoms with E-state index < -0.39 is 5.41 Å². The Morgan fingerprint density at radius 2 is 1.79 bits per heavy atom. The van der Waals surface area contributed by atoms with Gasteiger partial charge in [0.2, 0.25) is 5.91 Å². The number of nitrogens with zero attached hydrogens (tertiary/aromatic N) is 1. The number of hydrogen-bond acceptors (Lipinski definition) is 3. The van der Waals surface area contributed by atoms with Gasteiger partial charge in [0.25, 0.3) is 0 Å². The fourth-order valence-corrected chi connectivity index (χ4v) is 2.75. The molecule has 0 spiro atoms. The van der Waals surface area contributed by atoms with Crippen LogP contribution in [0.25, 0.3) is 0 Å². The molecule has 7 heteroatoms. The molecular formula is C17H35IN4O2. The summed E-state index contributed by atoms with van der Waals surface area (Å²) >= 11 is 0. The molecule has 0 unspecified atom stereocenters. The molecule has 3 N–H and O–H groups in total. The average Bonchev–Trinajstić information content (AvgIpc) is 2.82. The number of hydrogen-bond donors (Lipinski definition) is 3. The number of rotatable bonds is 7. The Morgan fingerprint density at radius 3 is 2.33 bits per heavy atom. The van der Waals surface area contributed by atoms with E-state index in [2.05, 4.69) is 20.9 Å². The van der Waals surface area contributed by atoms with Crippen molar-refractivity contribution in [1.82, 2.24) is 16.0 Å². The van der Waals surface area contributed by atoms with Gasteiger partial charge >= 0.3 is 0 Å². The van der Waals surface area contributed by atoms with Gasteiger partial charge < -0.3 is 20.7 Å². The van der Waals surface area contributed by atoms with Crippen LogP contribution in [0.1, 0.15) is 52.4 Å². The highest BCUT2D eigenvalue weighted by Gasteiger charge is 2.26. The fraction of sp³-hybridized carbons (Fsp3) is 0.882. The van der Waals surface area contributed by atoms with Crippen LogP contribution in [0, 0.1) is 5.41 Å². The van der Waals surface area contributed by atoms with Gasteiger partial charge in [-0.2, -0.15) is 0 Å². The lowest BCUT2D eigenvalue weighted by Gasteiger charge is -2.24. The van der Waals surface area contributed by atoms with Crippen molar-refractivity contribution in [2.24, 2.45) is 10.4 Å². The van der Waals surface area contributed by atoms with E-state index in [0.29, 0.717) is 25.2 Å². The van der Waals surface area contributed by atoms with Crippen LogP contribution in [0.4, 0.5) is 0 Å². The van der Waals surface area contributed by atoms with E-state index in [1.807, 2.05) is 13.8 Å². The number of aliphatic imine (C=N–C) groups is 1. The van der Waals surface area contributed by atoms with Crippen molar-refractivity contribution in [3.63, 3.8) is 0 Å². The molecule has 24 heavy (non-hydrogen) atoms. The van der Waals surface area contributed by atoms with Crippen LogP contribution in [-0.2, 0) is 9.53 Å². The van der Waals surface area contributed by atoms with Crippen LogP contribution in [0.3, 0.4) is 0 Å². The van der Waals surface area contributed by atoms with Gasteiger partial charge in [-0.05, 0) is 26.7 Å². The number of amides is 1. The topological polar surface area (TPSA) is 74.8 Å². The molecule has 0 aromatic heterocycles. The van der Waals surface area contributed by atoms with Gasteiger partial charge in [-0.1, -0.05) is 25.7 Å². The van der Waals surface area contributed by atoms with Crippen LogP contribution in [0.15, 0.2) is 4.99 Å². The van der Waals surface area contributed by atoms with Crippen molar-refractivity contribution in [1.29, 1.82) is 0 Å². The molecule has 6 nitrogen and oxygen atoms in total. The van der Waals surface area contributed by atoms with E-state index >= 15 is 0 Å². The number of guanidine groups is 1. The highest BCUT2D eigenvalue weighted by atomic mass is 127. The average molecular weight is 454 g/mol. The van der Waals surface area contributed by atoms with Crippen molar-refractivity contribution in [2.75, 3.05) is 33.8 Å². The highest BCUT2D eigenvalue weighted by Crippen LogP contribution is 2.19. The molecule has 0 saturated heterocycles. The number of halogens is 1. The lowest BCUT2D eigenvalue weighted by Crippen LogP contribution is -2.47. The predicted octanol–water partition coefficient (Wildman–Crippen LogP) is 2.28. The maximum Gasteiger partial charge on any atom is 0.227 e. The number of nitrogens with one attached hydrogen (secondary N) is 3. The molecule has 1 aliphatic carbocycles. The summed E-state index contributed by atoms with van der Waals surface area (Å²) in [4.78, 5) is 15.9. The summed E-state index contributed by atoms with van der Waals surface area (Å²) in [6.07, 6.45) is 8.05. The highest BCUT2D eigenvalue weighted by molar-refractivity contribution is 14.0. The molecular weight excluding hydrogens is 419 g/mol. The van der Waals surface area contributed by atoms with Gasteiger partial charge in [0.05, 0.1) is 18.1 Å². The Bertz CT molecular complexity index is 381. The summed E-state index contributed by atoms with van der Waals surface area (Å²) in [6.45, 7) is 5.74. The second kappa shape index (κ2) is 12.7. The van der Waals surface area contributed by atoms with Crippen molar-refractivity contribution >= 4 is 35.8 Å². The third-order valence-electron chi connectivity index (χ3n) is 4.31. The van der Waals surface area contributed by atoms with Crippen LogP contribution in [-0.4, -0.2) is 51.8 Å². The quantitative estimate of drug-likeness (QED) is 0.182. The second-order valence-electron chi connectivity index (χ2n) is 6.80. The van der Waals surface area contributed by atoms with Gasteiger partial charge in [-0.3, -0.25) is 9.79 Å². The molecule has 0 heterocycles. The number of carbonyl (C=O) groups excluding carboxylic acids is 1. The number of carbonyl (C=O) groups is 1. The Hall–Kier alpha value is -0.570. The fourth-order valence-electron chi connectivity index (χ4n) is 2.75. The van der Waals surface area contributed by atoms with Crippen LogP contribution in [0.2, 0.25) is 0 Å². The minimum absolute atomic E-state index is 0. The van der Waals surface area contributed by atoms with Crippen LogP contribution >= 0.6 is 24.0 Å². The van der Waals surface area contributed by atoms with Crippen molar-refractivity contribution < 1.29 is 9.53 Å². The van der Waals surface area contributed by atoms with E-state index in [0.717, 1.165) is 6.54 Å². The monoisotopic (exact) mass is 454 g/mol. The second-order valence-corrected chi connectivity index (χ2v) is 6.80. The minimum atomic E-state index is -0.483. The van der Waals surface area contributed by atoms with E-state index in [1.54, 1.807) is 14.1 Å². The van der Waals surface area contributed by atoms with E-state index in [1.165, 1.54) is 38.5 Å². The lowest BCUT2D eigenvalue weighted by atomic mass is 9.92. The van der Waals surface area contributed by atoms with Gasteiger partial charge in [0.1, 0.15) is 0 Å². The molecule has 0 bridgehead atoms. The first-order valence-electron chi connectivity index (χ1n) is 8.78. The van der Waals surface area contributed by atoms with Gasteiger partial charge in [0, 0.05) is 27.2 Å². The molecule has 0 atom stereocenters. The van der Waals surface area contributed by atoms with Crippen LogP contribution < -0.4 is 16.0 Å². The van der Waals surface area contributed by atoms with Crippen molar-refractivity contribution in [3.8, 4) is 0 Å². The first-order valence-corrected chi connectivity index (χ1v) is 8.78. The summed E-state index contributed by atoms with van der Waals surface area (Å²) in [7, 11) is 3.39. The molecule has 1 fully saturated rings. The molecule has 1 saturated carbocycles. The third-order valence-corrected chi connectivity index (χ3v) is 4.31. The molecule has 0 aromatic rings. The standard InChI is InChI=1S/C17H34N4O2.HI/c1-17(2,15(22)18-3)13-21-16(19-4)20-11-12-23-14-9-7-5-6-8-10-14;/h14H,5-13H2,1-4H3,(H,18,22)(H2,19,20,21);1H. The predicted molar refractivity (Wildman–Crippen MR) is 110 cm³/mol. The first kappa shape index (κ1) is 23.4. The van der Waals surface area contributed by atoms with Crippen molar-refractivity contribution in [3.05, 3.63) is 0 Å². The Balaban J connectivity index is 0.00000529. The largest absolute Gasteiger partial charge is 0.376 e. The SMILES string of the molecule is CN=C(NCCOC1CCCCCC1)NCC(C)(C)C(=O)NC.I. The zero-order valence-electron chi connectivity index (χ0n) is 15.6. The van der Waals surface area contributed by atoms with Gasteiger partial charge in [0.15, 0.2) is 5.96 Å². The summed E-state index contributed by atoms with van der Waals surface area (Å²) < 4.78 is 5.95. The minimum Gasteiger partial charge on any atom is -0.376 e. The van der Waals surface area contributed by atoms with E-state index in [9.17, 15) is 4.79 Å². The molecule has 1 amide bonds. The lowest BCUT2D eigenvalue weighted by molar-refractivity contribution is -0.128. The maximum absolute atomic E-state index is 11.8. The summed E-state index contributed by atoms with van der Waals surface area (Å²) in [6, 6.07) is 0. The molecule has 1 rings (SSSR count). The normalized spacial score (nSPS) is 16.8. The Labute approximate surface area is 164 Å². The third kappa shape index (κ3) is 9.05.